The van der Waals surface area contributed by atoms with Crippen LogP contribution in [0.15, 0.2) is 89.8 Å². The smallest absolute Gasteiger partial charge is 0.247 e. The van der Waals surface area contributed by atoms with Crippen molar-refractivity contribution in [2.75, 3.05) is 5.32 Å². The molecule has 4 aromatic carbocycles. The fourth-order valence-corrected chi connectivity index (χ4v) is 6.65. The standard InChI is InChI=1S/C26H22N2O2S/c29-31(30)24-12-5-4-11-23(24)27-26(28(31)17-18-7-2-1-3-8-18)22-16-15-20-14-13-19-9-6-10-21(22)25(19)20/h1-12,15-16,26-27H,13-14,17H2/t26-/m0/s1. The number of aryl methyl sites for hydroxylation is 2. The quantitative estimate of drug-likeness (QED) is 0.487. The van der Waals surface area contributed by atoms with Crippen molar-refractivity contribution in [3.8, 4) is 0 Å². The molecule has 0 saturated carbocycles. The van der Waals surface area contributed by atoms with E-state index in [1.54, 1.807) is 16.4 Å². The van der Waals surface area contributed by atoms with Crippen molar-refractivity contribution < 1.29 is 8.42 Å². The van der Waals surface area contributed by atoms with Crippen LogP contribution in [0.25, 0.3) is 10.8 Å². The second-order valence-electron chi connectivity index (χ2n) is 8.23. The maximum absolute atomic E-state index is 13.8. The van der Waals surface area contributed by atoms with E-state index in [4.69, 9.17) is 0 Å². The number of nitrogens with one attached hydrogen (secondary N) is 1. The van der Waals surface area contributed by atoms with Gasteiger partial charge >= 0.3 is 0 Å². The van der Waals surface area contributed by atoms with Gasteiger partial charge < -0.3 is 5.32 Å². The minimum atomic E-state index is -3.68. The van der Waals surface area contributed by atoms with E-state index in [0.29, 0.717) is 17.1 Å². The summed E-state index contributed by atoms with van der Waals surface area (Å²) in [6, 6.07) is 27.6. The monoisotopic (exact) mass is 426 g/mol. The van der Waals surface area contributed by atoms with Gasteiger partial charge in [0.05, 0.1) is 5.69 Å². The Morgan fingerprint density at radius 2 is 1.55 bits per heavy atom. The number of anilines is 1. The molecule has 1 atom stereocenters. The Balaban J connectivity index is 1.57. The molecule has 4 nitrogen and oxygen atoms in total. The SMILES string of the molecule is O=S1(=O)c2ccccc2N[C@H](c2ccc3c4c(cccc24)CC3)N1Cc1ccccc1. The van der Waals surface area contributed by atoms with Crippen molar-refractivity contribution in [3.63, 3.8) is 0 Å². The lowest BCUT2D eigenvalue weighted by atomic mass is 9.98. The third-order valence-electron chi connectivity index (χ3n) is 6.44. The first kappa shape index (κ1) is 18.6. The third-order valence-corrected chi connectivity index (χ3v) is 8.31. The molecule has 1 aliphatic heterocycles. The van der Waals surface area contributed by atoms with E-state index in [2.05, 4.69) is 35.6 Å². The van der Waals surface area contributed by atoms with Crippen LogP contribution >= 0.6 is 0 Å². The average molecular weight is 427 g/mol. The summed E-state index contributed by atoms with van der Waals surface area (Å²) in [7, 11) is -3.68. The molecule has 4 aromatic rings. The lowest BCUT2D eigenvalue weighted by molar-refractivity contribution is 0.337. The van der Waals surface area contributed by atoms with Crippen molar-refractivity contribution in [3.05, 3.63) is 107 Å². The molecular formula is C26H22N2O2S. The zero-order valence-electron chi connectivity index (χ0n) is 17.0. The van der Waals surface area contributed by atoms with Crippen LogP contribution in [0.5, 0.6) is 0 Å². The van der Waals surface area contributed by atoms with Gasteiger partial charge in [0.15, 0.2) is 0 Å². The molecule has 0 bridgehead atoms. The zero-order valence-corrected chi connectivity index (χ0v) is 17.8. The van der Waals surface area contributed by atoms with Gasteiger partial charge in [-0.1, -0.05) is 72.8 Å². The minimum absolute atomic E-state index is 0.304. The van der Waals surface area contributed by atoms with Gasteiger partial charge in [-0.2, -0.15) is 4.31 Å². The Bertz CT molecular complexity index is 1400. The van der Waals surface area contributed by atoms with E-state index in [9.17, 15) is 8.42 Å². The molecule has 5 heteroatoms. The molecule has 1 heterocycles. The Morgan fingerprint density at radius 1 is 0.806 bits per heavy atom. The highest BCUT2D eigenvalue weighted by Gasteiger charge is 2.39. The third kappa shape index (κ3) is 2.88. The van der Waals surface area contributed by atoms with Crippen LogP contribution in [0, 0.1) is 0 Å². The number of rotatable bonds is 3. The van der Waals surface area contributed by atoms with Crippen molar-refractivity contribution in [1.29, 1.82) is 0 Å². The van der Waals surface area contributed by atoms with E-state index in [1.165, 1.54) is 16.5 Å². The van der Waals surface area contributed by atoms with Crippen LogP contribution in [0.1, 0.15) is 28.4 Å². The Morgan fingerprint density at radius 3 is 2.39 bits per heavy atom. The number of hydrogen-bond donors (Lipinski definition) is 1. The van der Waals surface area contributed by atoms with E-state index in [-0.39, 0.29) is 0 Å². The minimum Gasteiger partial charge on any atom is -0.364 e. The molecule has 0 unspecified atom stereocenters. The van der Waals surface area contributed by atoms with Crippen LogP contribution < -0.4 is 5.32 Å². The summed E-state index contributed by atoms with van der Waals surface area (Å²) in [6.07, 6.45) is 1.61. The van der Waals surface area contributed by atoms with Crippen LogP contribution in [0.2, 0.25) is 0 Å². The molecule has 1 aliphatic carbocycles. The van der Waals surface area contributed by atoms with Crippen LogP contribution in [0.3, 0.4) is 0 Å². The van der Waals surface area contributed by atoms with Gasteiger partial charge in [0, 0.05) is 6.54 Å². The second kappa shape index (κ2) is 6.94. The zero-order chi connectivity index (χ0) is 21.0. The summed E-state index contributed by atoms with van der Waals surface area (Å²) in [5.41, 5.74) is 5.31. The van der Waals surface area contributed by atoms with Gasteiger partial charge in [-0.25, -0.2) is 8.42 Å². The number of hydrogen-bond acceptors (Lipinski definition) is 3. The van der Waals surface area contributed by atoms with Gasteiger partial charge in [-0.3, -0.25) is 0 Å². The maximum atomic E-state index is 13.8. The number of nitrogens with zero attached hydrogens (tertiary/aromatic N) is 1. The predicted molar refractivity (Wildman–Crippen MR) is 123 cm³/mol. The van der Waals surface area contributed by atoms with E-state index < -0.39 is 16.2 Å². The normalized spacial score (nSPS) is 19.2. The fraction of sp³-hybridized carbons (Fsp3) is 0.154. The van der Waals surface area contributed by atoms with Crippen molar-refractivity contribution in [2.24, 2.45) is 0 Å². The molecule has 0 spiro atoms. The first-order valence-corrected chi connectivity index (χ1v) is 12.0. The summed E-state index contributed by atoms with van der Waals surface area (Å²) in [6.45, 7) is 0.304. The first-order valence-electron chi connectivity index (χ1n) is 10.6. The highest BCUT2D eigenvalue weighted by Crippen LogP contribution is 2.42. The molecule has 0 aromatic heterocycles. The largest absolute Gasteiger partial charge is 0.364 e. The number of benzene rings is 4. The Hall–Kier alpha value is -3.15. The molecule has 154 valence electrons. The first-order chi connectivity index (χ1) is 15.1. The van der Waals surface area contributed by atoms with Crippen molar-refractivity contribution in [2.45, 2.75) is 30.4 Å². The summed E-state index contributed by atoms with van der Waals surface area (Å²) < 4.78 is 29.1. The Labute approximate surface area is 182 Å². The van der Waals surface area contributed by atoms with Crippen LogP contribution in [-0.4, -0.2) is 12.7 Å². The molecule has 0 amide bonds. The second-order valence-corrected chi connectivity index (χ2v) is 10.1. The molecular weight excluding hydrogens is 404 g/mol. The van der Waals surface area contributed by atoms with Crippen LogP contribution in [-0.2, 0) is 29.4 Å². The lowest BCUT2D eigenvalue weighted by Gasteiger charge is -2.38. The number of sulfonamides is 1. The molecule has 0 fully saturated rings. The van der Waals surface area contributed by atoms with Crippen LogP contribution in [0.4, 0.5) is 5.69 Å². The molecule has 1 N–H and O–H groups in total. The molecule has 0 saturated heterocycles. The fourth-order valence-electron chi connectivity index (χ4n) is 4.98. The topological polar surface area (TPSA) is 49.4 Å². The van der Waals surface area contributed by atoms with Gasteiger partial charge in [-0.05, 0) is 58.0 Å². The number of para-hydroxylation sites is 1. The Kier molecular flexibility index (Phi) is 4.16. The van der Waals surface area contributed by atoms with Crippen molar-refractivity contribution in [1.82, 2.24) is 4.31 Å². The molecule has 6 rings (SSSR count). The summed E-state index contributed by atoms with van der Waals surface area (Å²) in [5, 5.41) is 5.96. The highest BCUT2D eigenvalue weighted by atomic mass is 32.2. The van der Waals surface area contributed by atoms with Crippen molar-refractivity contribution >= 4 is 26.5 Å². The van der Waals surface area contributed by atoms with E-state index in [1.807, 2.05) is 42.5 Å². The lowest BCUT2D eigenvalue weighted by Crippen LogP contribution is -2.42. The van der Waals surface area contributed by atoms with Gasteiger partial charge in [-0.15, -0.1) is 0 Å². The maximum Gasteiger partial charge on any atom is 0.247 e. The van der Waals surface area contributed by atoms with Gasteiger partial charge in [0.25, 0.3) is 0 Å². The predicted octanol–water partition coefficient (Wildman–Crippen LogP) is 5.25. The van der Waals surface area contributed by atoms with E-state index >= 15 is 0 Å². The molecule has 2 aliphatic rings. The average Bonchev–Trinajstić information content (AvgIpc) is 3.22. The summed E-state index contributed by atoms with van der Waals surface area (Å²) in [4.78, 5) is 0.327. The van der Waals surface area contributed by atoms with Gasteiger partial charge in [0.1, 0.15) is 11.1 Å². The summed E-state index contributed by atoms with van der Waals surface area (Å²) in [5.74, 6) is 0. The summed E-state index contributed by atoms with van der Waals surface area (Å²) >= 11 is 0. The molecule has 31 heavy (non-hydrogen) atoms. The highest BCUT2D eigenvalue weighted by molar-refractivity contribution is 7.89. The molecule has 0 radical (unpaired) electrons. The van der Waals surface area contributed by atoms with Gasteiger partial charge in [0.2, 0.25) is 10.0 Å². The van der Waals surface area contributed by atoms with E-state index in [0.717, 1.165) is 29.4 Å². The number of fused-ring (bicyclic) bond motifs is 1.